The van der Waals surface area contributed by atoms with Gasteiger partial charge in [-0.25, -0.2) is 0 Å². The van der Waals surface area contributed by atoms with Gasteiger partial charge in [0.25, 0.3) is 0 Å². The van der Waals surface area contributed by atoms with E-state index in [0.717, 1.165) is 29.8 Å². The number of aryl methyl sites for hydroxylation is 2. The zero-order valence-electron chi connectivity index (χ0n) is 10.9. The molecule has 0 aromatic carbocycles. The molecule has 0 spiro atoms. The van der Waals surface area contributed by atoms with Gasteiger partial charge < -0.3 is 5.11 Å². The van der Waals surface area contributed by atoms with Gasteiger partial charge in [-0.1, -0.05) is 13.8 Å². The summed E-state index contributed by atoms with van der Waals surface area (Å²) in [6.07, 6.45) is 0. The first-order valence-electron chi connectivity index (χ1n) is 5.96. The molecule has 0 amide bonds. The Balaban J connectivity index is 2.01. The van der Waals surface area contributed by atoms with Crippen molar-refractivity contribution < 1.29 is 5.11 Å². The molecule has 0 aliphatic carbocycles. The van der Waals surface area contributed by atoms with E-state index in [4.69, 9.17) is 0 Å². The summed E-state index contributed by atoms with van der Waals surface area (Å²) in [4.78, 5) is 2.25. The zero-order chi connectivity index (χ0) is 12.8. The molecule has 0 radical (unpaired) electrons. The highest BCUT2D eigenvalue weighted by Gasteiger charge is 2.43. The molecule has 2 rings (SSSR count). The van der Waals surface area contributed by atoms with E-state index >= 15 is 0 Å². The van der Waals surface area contributed by atoms with Crippen LogP contribution in [-0.2, 0) is 13.6 Å². The summed E-state index contributed by atoms with van der Waals surface area (Å²) in [5.41, 5.74) is 1.69. The Morgan fingerprint density at radius 2 is 2.06 bits per heavy atom. The number of halogens is 1. The fourth-order valence-corrected chi connectivity index (χ4v) is 2.73. The van der Waals surface area contributed by atoms with Crippen molar-refractivity contribution >= 4 is 15.9 Å². The molecule has 0 bridgehead atoms. The summed E-state index contributed by atoms with van der Waals surface area (Å²) in [5, 5.41) is 14.6. The summed E-state index contributed by atoms with van der Waals surface area (Å²) in [6, 6.07) is 0. The van der Waals surface area contributed by atoms with Crippen LogP contribution in [0.2, 0.25) is 0 Å². The van der Waals surface area contributed by atoms with Crippen LogP contribution in [0.1, 0.15) is 25.2 Å². The Morgan fingerprint density at radius 1 is 1.47 bits per heavy atom. The van der Waals surface area contributed by atoms with E-state index in [1.54, 1.807) is 0 Å². The Labute approximate surface area is 111 Å². The number of nitrogens with zero attached hydrogens (tertiary/aromatic N) is 3. The molecular formula is C12H20BrN3O. The molecular weight excluding hydrogens is 282 g/mol. The minimum Gasteiger partial charge on any atom is -0.387 e. The molecule has 0 unspecified atom stereocenters. The first-order chi connectivity index (χ1) is 7.83. The third-order valence-electron chi connectivity index (χ3n) is 3.70. The highest BCUT2D eigenvalue weighted by Crippen LogP contribution is 2.31. The average Bonchev–Trinajstić information content (AvgIpc) is 2.42. The van der Waals surface area contributed by atoms with Gasteiger partial charge in [-0.15, -0.1) is 0 Å². The van der Waals surface area contributed by atoms with Crippen LogP contribution >= 0.6 is 15.9 Å². The first kappa shape index (κ1) is 13.1. The maximum Gasteiger partial charge on any atom is 0.0923 e. The molecule has 1 aromatic heterocycles. The van der Waals surface area contributed by atoms with Crippen molar-refractivity contribution in [1.82, 2.24) is 14.7 Å². The zero-order valence-corrected chi connectivity index (χ0v) is 12.5. The summed E-state index contributed by atoms with van der Waals surface area (Å²) < 4.78 is 2.99. The van der Waals surface area contributed by atoms with E-state index in [0.29, 0.717) is 5.92 Å². The Kier molecular flexibility index (Phi) is 3.36. The molecule has 1 fully saturated rings. The van der Waals surface area contributed by atoms with E-state index < -0.39 is 5.60 Å². The lowest BCUT2D eigenvalue weighted by molar-refractivity contribution is -0.131. The molecule has 17 heavy (non-hydrogen) atoms. The maximum absolute atomic E-state index is 10.2. The van der Waals surface area contributed by atoms with Crippen LogP contribution < -0.4 is 0 Å². The molecule has 5 heteroatoms. The van der Waals surface area contributed by atoms with Crippen molar-refractivity contribution in [3.05, 3.63) is 15.9 Å². The molecule has 2 heterocycles. The second kappa shape index (κ2) is 4.37. The molecule has 1 aromatic rings. The van der Waals surface area contributed by atoms with Gasteiger partial charge in [0.15, 0.2) is 0 Å². The smallest absolute Gasteiger partial charge is 0.0923 e. The van der Waals surface area contributed by atoms with Crippen molar-refractivity contribution in [3.63, 3.8) is 0 Å². The van der Waals surface area contributed by atoms with Crippen LogP contribution in [0.15, 0.2) is 4.47 Å². The van der Waals surface area contributed by atoms with Gasteiger partial charge in [0.05, 0.1) is 21.5 Å². The fourth-order valence-electron chi connectivity index (χ4n) is 2.27. The molecule has 0 atom stereocenters. The molecule has 4 nitrogen and oxygen atoms in total. The van der Waals surface area contributed by atoms with E-state index in [-0.39, 0.29) is 0 Å². The molecule has 96 valence electrons. The lowest BCUT2D eigenvalue weighted by Crippen LogP contribution is -2.63. The topological polar surface area (TPSA) is 41.3 Å². The fraction of sp³-hybridized carbons (Fsp3) is 0.750. The number of β-amino-alcohol motifs (C(OH)–C–C–N with tert-alkyl or cyclic N) is 1. The molecule has 1 aliphatic heterocycles. The van der Waals surface area contributed by atoms with Crippen LogP contribution in [0.5, 0.6) is 0 Å². The normalized spacial score (nSPS) is 19.7. The quantitative estimate of drug-likeness (QED) is 0.924. The van der Waals surface area contributed by atoms with Gasteiger partial charge in [0.2, 0.25) is 0 Å². The van der Waals surface area contributed by atoms with E-state index in [9.17, 15) is 5.11 Å². The average molecular weight is 302 g/mol. The van der Waals surface area contributed by atoms with Gasteiger partial charge in [-0.05, 0) is 28.8 Å². The van der Waals surface area contributed by atoms with Crippen LogP contribution in [0.3, 0.4) is 0 Å². The summed E-state index contributed by atoms with van der Waals surface area (Å²) >= 11 is 3.57. The van der Waals surface area contributed by atoms with Crippen molar-refractivity contribution in [2.45, 2.75) is 32.9 Å². The van der Waals surface area contributed by atoms with Crippen LogP contribution in [0.4, 0.5) is 0 Å². The van der Waals surface area contributed by atoms with Gasteiger partial charge in [0, 0.05) is 26.7 Å². The SMILES string of the molecule is Cc1nn(C)c(CN2CC(O)(C(C)C)C2)c1Br. The number of hydrogen-bond acceptors (Lipinski definition) is 3. The lowest BCUT2D eigenvalue weighted by Gasteiger charge is -2.49. The van der Waals surface area contributed by atoms with Crippen LogP contribution in [0.25, 0.3) is 0 Å². The number of likely N-dealkylation sites (tertiary alicyclic amines) is 1. The third kappa shape index (κ3) is 2.28. The summed E-state index contributed by atoms with van der Waals surface area (Å²) in [6.45, 7) is 8.48. The van der Waals surface area contributed by atoms with Crippen LogP contribution in [0, 0.1) is 12.8 Å². The van der Waals surface area contributed by atoms with Gasteiger partial charge in [-0.3, -0.25) is 9.58 Å². The largest absolute Gasteiger partial charge is 0.387 e. The first-order valence-corrected chi connectivity index (χ1v) is 6.75. The second-order valence-corrected chi connectivity index (χ2v) is 6.17. The highest BCUT2D eigenvalue weighted by atomic mass is 79.9. The van der Waals surface area contributed by atoms with E-state index in [1.807, 2.05) is 18.7 Å². The van der Waals surface area contributed by atoms with Crippen molar-refractivity contribution in [1.29, 1.82) is 0 Å². The summed E-state index contributed by atoms with van der Waals surface area (Å²) in [5.74, 6) is 0.315. The lowest BCUT2D eigenvalue weighted by atomic mass is 9.83. The number of aromatic nitrogens is 2. The molecule has 1 N–H and O–H groups in total. The number of hydrogen-bond donors (Lipinski definition) is 1. The van der Waals surface area contributed by atoms with Crippen molar-refractivity contribution in [3.8, 4) is 0 Å². The van der Waals surface area contributed by atoms with Crippen molar-refractivity contribution in [2.24, 2.45) is 13.0 Å². The van der Waals surface area contributed by atoms with Gasteiger partial charge >= 0.3 is 0 Å². The predicted molar refractivity (Wildman–Crippen MR) is 70.7 cm³/mol. The Hall–Kier alpha value is -0.390. The second-order valence-electron chi connectivity index (χ2n) is 5.37. The third-order valence-corrected chi connectivity index (χ3v) is 4.74. The number of aliphatic hydroxyl groups is 1. The standard InChI is InChI=1S/C12H20BrN3O/c1-8(2)12(17)6-16(7-12)5-10-11(13)9(3)14-15(10)4/h8,17H,5-7H2,1-4H3. The summed E-state index contributed by atoms with van der Waals surface area (Å²) in [7, 11) is 1.96. The monoisotopic (exact) mass is 301 g/mol. The van der Waals surface area contributed by atoms with Gasteiger partial charge in [0.1, 0.15) is 0 Å². The van der Waals surface area contributed by atoms with Crippen LogP contribution in [-0.4, -0.2) is 38.5 Å². The van der Waals surface area contributed by atoms with Gasteiger partial charge in [-0.2, -0.15) is 5.10 Å². The molecule has 0 saturated carbocycles. The number of rotatable bonds is 3. The highest BCUT2D eigenvalue weighted by molar-refractivity contribution is 9.10. The molecule has 1 saturated heterocycles. The van der Waals surface area contributed by atoms with Crippen molar-refractivity contribution in [2.75, 3.05) is 13.1 Å². The maximum atomic E-state index is 10.2. The Bertz CT molecular complexity index is 422. The minimum absolute atomic E-state index is 0.315. The van der Waals surface area contributed by atoms with E-state index in [1.165, 1.54) is 5.69 Å². The van der Waals surface area contributed by atoms with E-state index in [2.05, 4.69) is 39.8 Å². The molecule has 1 aliphatic rings. The predicted octanol–water partition coefficient (Wildman–Crippen LogP) is 1.69. The Morgan fingerprint density at radius 3 is 2.47 bits per heavy atom. The minimum atomic E-state index is -0.500.